The SMILES string of the molecule is O=C(NCCc1ccccc1)c1ccccc1NC(=O)C1CC(c2cccc(F)c2)=NO1. The highest BCUT2D eigenvalue weighted by atomic mass is 19.1. The lowest BCUT2D eigenvalue weighted by Gasteiger charge is -2.13. The number of nitrogens with zero attached hydrogens (tertiary/aromatic N) is 1. The van der Waals surface area contributed by atoms with Crippen molar-refractivity contribution in [3.8, 4) is 0 Å². The Balaban J connectivity index is 1.35. The van der Waals surface area contributed by atoms with Crippen molar-refractivity contribution in [1.29, 1.82) is 0 Å². The van der Waals surface area contributed by atoms with E-state index in [4.69, 9.17) is 4.84 Å². The predicted octanol–water partition coefficient (Wildman–Crippen LogP) is 3.93. The second-order valence-electron chi connectivity index (χ2n) is 7.37. The largest absolute Gasteiger partial charge is 0.382 e. The van der Waals surface area contributed by atoms with Gasteiger partial charge in [-0.3, -0.25) is 9.59 Å². The predicted molar refractivity (Wildman–Crippen MR) is 120 cm³/mol. The van der Waals surface area contributed by atoms with Gasteiger partial charge in [-0.15, -0.1) is 0 Å². The molecule has 0 saturated heterocycles. The van der Waals surface area contributed by atoms with Gasteiger partial charge in [0, 0.05) is 18.5 Å². The van der Waals surface area contributed by atoms with E-state index in [2.05, 4.69) is 15.8 Å². The van der Waals surface area contributed by atoms with Crippen LogP contribution in [0, 0.1) is 5.82 Å². The first kappa shape index (κ1) is 21.2. The van der Waals surface area contributed by atoms with E-state index in [0.717, 1.165) is 5.56 Å². The van der Waals surface area contributed by atoms with Crippen LogP contribution >= 0.6 is 0 Å². The first-order chi connectivity index (χ1) is 15.6. The number of carbonyl (C=O) groups excluding carboxylic acids is 2. The molecule has 4 rings (SSSR count). The number of hydrogen-bond acceptors (Lipinski definition) is 4. The van der Waals surface area contributed by atoms with Crippen LogP contribution in [0.25, 0.3) is 0 Å². The highest BCUT2D eigenvalue weighted by Crippen LogP contribution is 2.21. The number of oxime groups is 1. The third kappa shape index (κ3) is 5.18. The molecular formula is C25H22FN3O3. The van der Waals surface area contributed by atoms with E-state index in [1.165, 1.54) is 12.1 Å². The summed E-state index contributed by atoms with van der Waals surface area (Å²) < 4.78 is 13.5. The van der Waals surface area contributed by atoms with Gasteiger partial charge in [-0.1, -0.05) is 59.8 Å². The molecule has 0 radical (unpaired) electrons. The minimum Gasteiger partial charge on any atom is -0.382 e. The van der Waals surface area contributed by atoms with Crippen molar-refractivity contribution in [2.24, 2.45) is 5.16 Å². The average molecular weight is 431 g/mol. The van der Waals surface area contributed by atoms with Crippen molar-refractivity contribution in [3.63, 3.8) is 0 Å². The van der Waals surface area contributed by atoms with Crippen LogP contribution in [0.5, 0.6) is 0 Å². The molecular weight excluding hydrogens is 409 g/mol. The molecule has 2 N–H and O–H groups in total. The normalized spacial score (nSPS) is 14.9. The molecule has 162 valence electrons. The molecule has 1 atom stereocenters. The molecule has 1 heterocycles. The van der Waals surface area contributed by atoms with Gasteiger partial charge in [-0.2, -0.15) is 0 Å². The van der Waals surface area contributed by atoms with Gasteiger partial charge in [0.05, 0.1) is 17.0 Å². The van der Waals surface area contributed by atoms with Gasteiger partial charge in [0.25, 0.3) is 11.8 Å². The van der Waals surface area contributed by atoms with Gasteiger partial charge in [-0.05, 0) is 36.2 Å². The van der Waals surface area contributed by atoms with Gasteiger partial charge >= 0.3 is 0 Å². The minimum absolute atomic E-state index is 0.209. The number of para-hydroxylation sites is 1. The standard InChI is InChI=1S/C25H22FN3O3/c26-19-10-6-9-18(15-19)22-16-23(32-29-22)25(31)28-21-12-5-4-11-20(21)24(30)27-14-13-17-7-2-1-3-8-17/h1-12,15,23H,13-14,16H2,(H,27,30)(H,28,31). The van der Waals surface area contributed by atoms with Crippen LogP contribution in [0.2, 0.25) is 0 Å². The van der Waals surface area contributed by atoms with Crippen LogP contribution in [-0.4, -0.2) is 30.2 Å². The van der Waals surface area contributed by atoms with E-state index >= 15 is 0 Å². The Bertz CT molecular complexity index is 1150. The molecule has 1 unspecified atom stereocenters. The van der Waals surface area contributed by atoms with E-state index in [-0.39, 0.29) is 18.1 Å². The first-order valence-electron chi connectivity index (χ1n) is 10.3. The van der Waals surface area contributed by atoms with Gasteiger partial charge in [0.2, 0.25) is 6.10 Å². The number of hydrogen-bond donors (Lipinski definition) is 2. The van der Waals surface area contributed by atoms with Gasteiger partial charge in [-0.25, -0.2) is 4.39 Å². The fraction of sp³-hybridized carbons (Fsp3) is 0.160. The maximum Gasteiger partial charge on any atom is 0.268 e. The fourth-order valence-corrected chi connectivity index (χ4v) is 3.42. The molecule has 2 amide bonds. The Kier molecular flexibility index (Phi) is 6.55. The maximum atomic E-state index is 13.5. The molecule has 1 aliphatic rings. The molecule has 1 aliphatic heterocycles. The topological polar surface area (TPSA) is 79.8 Å². The monoisotopic (exact) mass is 431 g/mol. The van der Waals surface area contributed by atoms with Crippen LogP contribution in [0.3, 0.4) is 0 Å². The number of benzene rings is 3. The number of carbonyl (C=O) groups is 2. The molecule has 3 aromatic carbocycles. The maximum absolute atomic E-state index is 13.5. The summed E-state index contributed by atoms with van der Waals surface area (Å²) in [6, 6.07) is 22.6. The number of halogens is 1. The summed E-state index contributed by atoms with van der Waals surface area (Å²) in [5.74, 6) is -1.09. The van der Waals surface area contributed by atoms with Crippen molar-refractivity contribution < 1.29 is 18.8 Å². The number of rotatable bonds is 7. The lowest BCUT2D eigenvalue weighted by molar-refractivity contribution is -0.125. The second-order valence-corrected chi connectivity index (χ2v) is 7.37. The molecule has 6 nitrogen and oxygen atoms in total. The smallest absolute Gasteiger partial charge is 0.268 e. The van der Waals surface area contributed by atoms with Gasteiger partial charge < -0.3 is 15.5 Å². The van der Waals surface area contributed by atoms with Crippen LogP contribution in [-0.2, 0) is 16.1 Å². The number of anilines is 1. The van der Waals surface area contributed by atoms with Crippen LogP contribution in [0.4, 0.5) is 10.1 Å². The van der Waals surface area contributed by atoms with E-state index in [1.807, 2.05) is 30.3 Å². The molecule has 0 bridgehead atoms. The summed E-state index contributed by atoms with van der Waals surface area (Å²) in [4.78, 5) is 30.7. The van der Waals surface area contributed by atoms with E-state index in [1.54, 1.807) is 36.4 Å². The van der Waals surface area contributed by atoms with E-state index in [0.29, 0.717) is 35.5 Å². The highest BCUT2D eigenvalue weighted by Gasteiger charge is 2.29. The quantitative estimate of drug-likeness (QED) is 0.595. The van der Waals surface area contributed by atoms with Crippen molar-refractivity contribution in [1.82, 2.24) is 5.32 Å². The Labute approximate surface area is 185 Å². The molecule has 0 spiro atoms. The molecule has 0 fully saturated rings. The van der Waals surface area contributed by atoms with Crippen molar-refractivity contribution in [2.45, 2.75) is 18.9 Å². The van der Waals surface area contributed by atoms with E-state index < -0.39 is 12.0 Å². The summed E-state index contributed by atoms with van der Waals surface area (Å²) >= 11 is 0. The molecule has 0 aliphatic carbocycles. The summed E-state index contributed by atoms with van der Waals surface area (Å²) in [6.07, 6.45) is 0.0558. The van der Waals surface area contributed by atoms with Crippen LogP contribution in [0.1, 0.15) is 27.9 Å². The van der Waals surface area contributed by atoms with Gasteiger partial charge in [0.15, 0.2) is 0 Å². The third-order valence-electron chi connectivity index (χ3n) is 5.09. The molecule has 0 saturated carbocycles. The lowest BCUT2D eigenvalue weighted by atomic mass is 10.0. The number of nitrogens with one attached hydrogen (secondary N) is 2. The molecule has 3 aromatic rings. The lowest BCUT2D eigenvalue weighted by Crippen LogP contribution is -2.30. The zero-order chi connectivity index (χ0) is 22.3. The minimum atomic E-state index is -0.859. The summed E-state index contributed by atoms with van der Waals surface area (Å²) in [7, 11) is 0. The third-order valence-corrected chi connectivity index (χ3v) is 5.09. The van der Waals surface area contributed by atoms with Crippen LogP contribution in [0.15, 0.2) is 84.0 Å². The van der Waals surface area contributed by atoms with E-state index in [9.17, 15) is 14.0 Å². The van der Waals surface area contributed by atoms with Gasteiger partial charge in [0.1, 0.15) is 5.82 Å². The summed E-state index contributed by atoms with van der Waals surface area (Å²) in [5, 5.41) is 9.57. The highest BCUT2D eigenvalue weighted by molar-refractivity contribution is 6.08. The second kappa shape index (κ2) is 9.87. The van der Waals surface area contributed by atoms with Crippen LogP contribution < -0.4 is 10.6 Å². The fourth-order valence-electron chi connectivity index (χ4n) is 3.42. The zero-order valence-electron chi connectivity index (χ0n) is 17.3. The number of amides is 2. The van der Waals surface area contributed by atoms with Crippen molar-refractivity contribution in [3.05, 3.63) is 101 Å². The summed E-state index contributed by atoms with van der Waals surface area (Å²) in [6.45, 7) is 0.474. The average Bonchev–Trinajstić information content (AvgIpc) is 3.31. The summed E-state index contributed by atoms with van der Waals surface area (Å²) in [5.41, 5.74) is 2.94. The Hall–Kier alpha value is -4.00. The Morgan fingerprint density at radius 2 is 1.78 bits per heavy atom. The molecule has 7 heteroatoms. The molecule has 0 aromatic heterocycles. The Morgan fingerprint density at radius 3 is 2.59 bits per heavy atom. The van der Waals surface area contributed by atoms with Crippen molar-refractivity contribution >= 4 is 23.2 Å². The van der Waals surface area contributed by atoms with Crippen molar-refractivity contribution in [2.75, 3.05) is 11.9 Å². The molecule has 32 heavy (non-hydrogen) atoms. The zero-order valence-corrected chi connectivity index (χ0v) is 17.3. The Morgan fingerprint density at radius 1 is 1.00 bits per heavy atom. The first-order valence-corrected chi connectivity index (χ1v) is 10.3.